The van der Waals surface area contributed by atoms with Gasteiger partial charge in [-0.3, -0.25) is 4.90 Å². The lowest BCUT2D eigenvalue weighted by atomic mass is 9.76. The van der Waals surface area contributed by atoms with Gasteiger partial charge in [-0.2, -0.15) is 0 Å². The molecule has 3 fully saturated rings. The van der Waals surface area contributed by atoms with Gasteiger partial charge in [0, 0.05) is 12.5 Å². The number of carbonyl (C=O) groups excluding carboxylic acids is 1. The molecule has 3 heterocycles. The van der Waals surface area contributed by atoms with Crippen LogP contribution >= 0.6 is 0 Å². The number of allylic oxidation sites excluding steroid dienone is 1. The molecule has 4 heteroatoms. The summed E-state index contributed by atoms with van der Waals surface area (Å²) in [7, 11) is 0. The molecule has 4 nitrogen and oxygen atoms in total. The number of hydrogen-bond acceptors (Lipinski definition) is 4. The zero-order chi connectivity index (χ0) is 17.3. The lowest BCUT2D eigenvalue weighted by Crippen LogP contribution is -2.54. The Morgan fingerprint density at radius 1 is 1.16 bits per heavy atom. The molecular formula is C21H27NO3. The van der Waals surface area contributed by atoms with Crippen LogP contribution in [-0.2, 0) is 15.1 Å². The van der Waals surface area contributed by atoms with Crippen molar-refractivity contribution < 1.29 is 14.6 Å². The number of aliphatic hydroxyl groups is 1. The number of carbonyl (C=O) groups is 1. The summed E-state index contributed by atoms with van der Waals surface area (Å²) in [5.74, 6) is -0.262. The van der Waals surface area contributed by atoms with Crippen LogP contribution in [0.4, 0.5) is 0 Å². The predicted octanol–water partition coefficient (Wildman–Crippen LogP) is 2.87. The zero-order valence-electron chi connectivity index (χ0n) is 14.6. The third-order valence-electron chi connectivity index (χ3n) is 6.17. The average molecular weight is 341 g/mol. The lowest BCUT2D eigenvalue weighted by Gasteiger charge is -2.45. The van der Waals surface area contributed by atoms with Gasteiger partial charge in [-0.15, -0.1) is 0 Å². The second-order valence-electron chi connectivity index (χ2n) is 7.68. The van der Waals surface area contributed by atoms with Gasteiger partial charge in [0.05, 0.1) is 0 Å². The summed E-state index contributed by atoms with van der Waals surface area (Å²) in [4.78, 5) is 15.5. The molecule has 3 atom stereocenters. The van der Waals surface area contributed by atoms with Crippen LogP contribution in [-0.4, -0.2) is 41.7 Å². The van der Waals surface area contributed by atoms with Crippen LogP contribution in [0.25, 0.3) is 0 Å². The van der Waals surface area contributed by atoms with Crippen molar-refractivity contribution in [2.45, 2.75) is 43.8 Å². The zero-order valence-corrected chi connectivity index (χ0v) is 14.6. The van der Waals surface area contributed by atoms with Crippen molar-refractivity contribution in [3.63, 3.8) is 0 Å². The van der Waals surface area contributed by atoms with Gasteiger partial charge in [0.15, 0.2) is 5.60 Å². The number of ether oxygens (including phenoxy) is 1. The van der Waals surface area contributed by atoms with Gasteiger partial charge in [-0.1, -0.05) is 42.5 Å². The molecule has 5 rings (SSSR count). The number of esters is 1. The number of nitrogens with zero attached hydrogens (tertiary/aromatic N) is 1. The van der Waals surface area contributed by atoms with Crippen LogP contribution in [0, 0.1) is 11.8 Å². The maximum Gasteiger partial charge on any atom is 0.343 e. The minimum atomic E-state index is -1.59. The predicted molar refractivity (Wildman–Crippen MR) is 95.9 cm³/mol. The van der Waals surface area contributed by atoms with E-state index in [9.17, 15) is 9.90 Å². The van der Waals surface area contributed by atoms with Gasteiger partial charge in [0.1, 0.15) is 6.10 Å². The minimum Gasteiger partial charge on any atom is -0.458 e. The van der Waals surface area contributed by atoms with Crippen LogP contribution in [0.2, 0.25) is 0 Å². The first-order valence-corrected chi connectivity index (χ1v) is 9.56. The summed E-state index contributed by atoms with van der Waals surface area (Å²) >= 11 is 0. The van der Waals surface area contributed by atoms with Crippen LogP contribution < -0.4 is 0 Å². The Bertz CT molecular complexity index is 636. The van der Waals surface area contributed by atoms with Gasteiger partial charge in [-0.05, 0) is 56.7 Å². The van der Waals surface area contributed by atoms with Crippen molar-refractivity contribution in [2.24, 2.45) is 11.8 Å². The second-order valence-corrected chi connectivity index (χ2v) is 7.68. The fourth-order valence-corrected chi connectivity index (χ4v) is 4.61. The van der Waals surface area contributed by atoms with Gasteiger partial charge in [-0.25, -0.2) is 4.79 Å². The van der Waals surface area contributed by atoms with Gasteiger partial charge < -0.3 is 9.84 Å². The Morgan fingerprint density at radius 2 is 1.92 bits per heavy atom. The Morgan fingerprint density at radius 3 is 2.52 bits per heavy atom. The van der Waals surface area contributed by atoms with E-state index < -0.39 is 11.6 Å². The molecule has 1 N–H and O–H groups in total. The molecule has 1 aromatic carbocycles. The molecule has 3 unspecified atom stereocenters. The van der Waals surface area contributed by atoms with E-state index in [1.165, 1.54) is 0 Å². The molecule has 1 aliphatic carbocycles. The lowest BCUT2D eigenvalue weighted by molar-refractivity contribution is -0.186. The third kappa shape index (κ3) is 3.13. The highest BCUT2D eigenvalue weighted by atomic mass is 16.6. The van der Waals surface area contributed by atoms with Crippen molar-refractivity contribution >= 4 is 5.97 Å². The quantitative estimate of drug-likeness (QED) is 0.676. The fraction of sp³-hybridized carbons (Fsp3) is 0.571. The van der Waals surface area contributed by atoms with Crippen molar-refractivity contribution in [3.8, 4) is 0 Å². The number of piperidine rings is 3. The molecular weight excluding hydrogens is 314 g/mol. The molecule has 0 radical (unpaired) electrons. The number of hydrogen-bond donors (Lipinski definition) is 1. The second kappa shape index (κ2) is 6.93. The highest BCUT2D eigenvalue weighted by Crippen LogP contribution is 2.39. The van der Waals surface area contributed by atoms with E-state index >= 15 is 0 Å². The van der Waals surface area contributed by atoms with Crippen LogP contribution in [0.3, 0.4) is 0 Å². The Balaban J connectivity index is 1.60. The number of rotatable bonds is 4. The summed E-state index contributed by atoms with van der Waals surface area (Å²) < 4.78 is 5.93. The van der Waals surface area contributed by atoms with Gasteiger partial charge in [0.2, 0.25) is 0 Å². The maximum atomic E-state index is 13.2. The topological polar surface area (TPSA) is 49.8 Å². The summed E-state index contributed by atoms with van der Waals surface area (Å²) in [5.41, 5.74) is -0.956. The fourth-order valence-electron chi connectivity index (χ4n) is 4.61. The Hall–Kier alpha value is -1.65. The summed E-state index contributed by atoms with van der Waals surface area (Å²) in [6, 6.07) is 9.31. The molecule has 0 spiro atoms. The molecule has 1 aromatic rings. The molecule has 134 valence electrons. The SMILES string of the molecule is O=C(OC1CN2CCC1CC2)C(O)(c1ccccc1)C1C=CCCC1. The smallest absolute Gasteiger partial charge is 0.343 e. The molecule has 2 bridgehead atoms. The minimum absolute atomic E-state index is 0.0854. The number of fused-ring (bicyclic) bond motifs is 3. The Kier molecular flexibility index (Phi) is 4.65. The summed E-state index contributed by atoms with van der Waals surface area (Å²) in [5, 5.41) is 11.5. The van der Waals surface area contributed by atoms with Gasteiger partial charge >= 0.3 is 5.97 Å². The van der Waals surface area contributed by atoms with E-state index in [-0.39, 0.29) is 12.0 Å². The highest BCUT2D eigenvalue weighted by molar-refractivity contribution is 5.82. The van der Waals surface area contributed by atoms with Crippen molar-refractivity contribution in [3.05, 3.63) is 48.0 Å². The van der Waals surface area contributed by atoms with Crippen molar-refractivity contribution in [1.29, 1.82) is 0 Å². The van der Waals surface area contributed by atoms with Gasteiger partial charge in [0.25, 0.3) is 0 Å². The van der Waals surface area contributed by atoms with Crippen LogP contribution in [0.1, 0.15) is 37.7 Å². The van der Waals surface area contributed by atoms with Crippen LogP contribution in [0.15, 0.2) is 42.5 Å². The van der Waals surface area contributed by atoms with E-state index in [1.807, 2.05) is 36.4 Å². The largest absolute Gasteiger partial charge is 0.458 e. The number of benzene rings is 1. The van der Waals surface area contributed by atoms with E-state index in [1.54, 1.807) is 0 Å². The summed E-state index contributed by atoms with van der Waals surface area (Å²) in [6.45, 7) is 3.02. The van der Waals surface area contributed by atoms with Crippen molar-refractivity contribution in [1.82, 2.24) is 4.90 Å². The molecule has 0 amide bonds. The first-order chi connectivity index (χ1) is 12.2. The Labute approximate surface area is 149 Å². The molecule has 3 aliphatic heterocycles. The van der Waals surface area contributed by atoms with E-state index in [0.29, 0.717) is 11.5 Å². The molecule has 0 aromatic heterocycles. The standard InChI is InChI=1S/C21H27NO3/c23-20(25-19-15-22-13-11-16(19)12-14-22)21(24,17-7-3-1-4-8-17)18-9-5-2-6-10-18/h1,3-5,7-9,16,18-19,24H,2,6,10-15H2. The third-order valence-corrected chi connectivity index (χ3v) is 6.17. The first kappa shape index (κ1) is 16.8. The van der Waals surface area contributed by atoms with Crippen molar-refractivity contribution in [2.75, 3.05) is 19.6 Å². The maximum absolute atomic E-state index is 13.2. The monoisotopic (exact) mass is 341 g/mol. The molecule has 4 aliphatic rings. The van der Waals surface area contributed by atoms with Crippen LogP contribution in [0.5, 0.6) is 0 Å². The van der Waals surface area contributed by atoms with E-state index in [0.717, 1.165) is 51.7 Å². The molecule has 25 heavy (non-hydrogen) atoms. The molecule has 0 saturated carbocycles. The van der Waals surface area contributed by atoms with E-state index in [2.05, 4.69) is 11.0 Å². The summed E-state index contributed by atoms with van der Waals surface area (Å²) in [6.07, 6.45) is 8.96. The molecule has 3 saturated heterocycles. The normalized spacial score (nSPS) is 33.6. The average Bonchev–Trinajstić information content (AvgIpc) is 2.69. The van der Waals surface area contributed by atoms with E-state index in [4.69, 9.17) is 4.74 Å². The first-order valence-electron chi connectivity index (χ1n) is 9.56. The highest BCUT2D eigenvalue weighted by Gasteiger charge is 2.48.